The Morgan fingerprint density at radius 2 is 1.78 bits per heavy atom. The van der Waals surface area contributed by atoms with E-state index in [4.69, 9.17) is 21.1 Å². The molecule has 2 aromatic carbocycles. The van der Waals surface area contributed by atoms with Crippen LogP contribution in [0, 0.1) is 0 Å². The molecule has 0 spiro atoms. The molecular weight excluding hydrogens is 430 g/mol. The average molecular weight is 454 g/mol. The third-order valence-corrected chi connectivity index (χ3v) is 5.66. The lowest BCUT2D eigenvalue weighted by Crippen LogP contribution is -2.49. The molecule has 166 valence electrons. The fourth-order valence-corrected chi connectivity index (χ4v) is 4.06. The van der Waals surface area contributed by atoms with E-state index in [-0.39, 0.29) is 23.1 Å². The number of carbonyl (C=O) groups is 1. The molecule has 3 aromatic rings. The van der Waals surface area contributed by atoms with Crippen LogP contribution in [-0.4, -0.2) is 37.3 Å². The minimum absolute atomic E-state index is 0.0622. The van der Waals surface area contributed by atoms with Crippen molar-refractivity contribution < 1.29 is 19.4 Å². The number of halogens is 1. The van der Waals surface area contributed by atoms with Gasteiger partial charge in [-0.05, 0) is 75.6 Å². The van der Waals surface area contributed by atoms with Gasteiger partial charge in [-0.3, -0.25) is 4.79 Å². The Bertz CT molecular complexity index is 1270. The number of hydrogen-bond donors (Lipinski definition) is 1. The monoisotopic (exact) mass is 453 g/mol. The van der Waals surface area contributed by atoms with Gasteiger partial charge in [-0.15, -0.1) is 5.10 Å². The molecule has 7 nitrogen and oxygen atoms in total. The minimum atomic E-state index is -1.08. The Morgan fingerprint density at radius 1 is 1.03 bits per heavy atom. The van der Waals surface area contributed by atoms with Gasteiger partial charge in [0.1, 0.15) is 28.2 Å². The minimum Gasteiger partial charge on any atom is -0.508 e. The number of aliphatic hydroxyl groups is 1. The number of aromatic nitrogens is 3. The van der Waals surface area contributed by atoms with E-state index >= 15 is 0 Å². The van der Waals surface area contributed by atoms with Crippen molar-refractivity contribution in [2.24, 2.45) is 0 Å². The van der Waals surface area contributed by atoms with Crippen molar-refractivity contribution >= 4 is 34.0 Å². The maximum absolute atomic E-state index is 13.2. The summed E-state index contributed by atoms with van der Waals surface area (Å²) in [6, 6.07) is 10.5. The molecule has 32 heavy (non-hydrogen) atoms. The summed E-state index contributed by atoms with van der Waals surface area (Å²) in [5.41, 5.74) is 0.777. The van der Waals surface area contributed by atoms with Gasteiger partial charge in [-0.1, -0.05) is 29.7 Å². The van der Waals surface area contributed by atoms with E-state index in [0.29, 0.717) is 33.8 Å². The van der Waals surface area contributed by atoms with Crippen LogP contribution in [0.25, 0.3) is 16.6 Å². The number of Topliss-reactive ketones (excluding diaryl/α,β-unsaturated/α-hetero) is 1. The molecule has 0 atom stereocenters. The van der Waals surface area contributed by atoms with E-state index < -0.39 is 11.2 Å². The Hall–Kier alpha value is -3.03. The van der Waals surface area contributed by atoms with Gasteiger partial charge >= 0.3 is 6.01 Å². The number of ether oxygens (including phenoxy) is 2. The van der Waals surface area contributed by atoms with Gasteiger partial charge < -0.3 is 14.6 Å². The molecule has 1 N–H and O–H groups in total. The second kappa shape index (κ2) is 7.83. The van der Waals surface area contributed by atoms with Crippen LogP contribution in [-0.2, 0) is 16.0 Å². The number of hydrogen-bond acceptors (Lipinski definition) is 7. The van der Waals surface area contributed by atoms with E-state index in [9.17, 15) is 9.90 Å². The number of benzene rings is 2. The third kappa shape index (κ3) is 3.94. The van der Waals surface area contributed by atoms with Gasteiger partial charge in [0.2, 0.25) is 0 Å². The van der Waals surface area contributed by atoms with Crippen LogP contribution in [0.1, 0.15) is 45.7 Å². The summed E-state index contributed by atoms with van der Waals surface area (Å²) in [4.78, 5) is 17.6. The highest BCUT2D eigenvalue weighted by molar-refractivity contribution is 6.31. The highest BCUT2D eigenvalue weighted by Crippen LogP contribution is 2.41. The van der Waals surface area contributed by atoms with Crippen LogP contribution >= 0.6 is 11.6 Å². The van der Waals surface area contributed by atoms with E-state index in [1.54, 1.807) is 58.0 Å². The maximum Gasteiger partial charge on any atom is 0.341 e. The Balaban J connectivity index is 1.78. The first kappa shape index (κ1) is 22.2. The van der Waals surface area contributed by atoms with Crippen LogP contribution in [0.15, 0.2) is 42.2 Å². The number of aryl methyl sites for hydroxylation is 1. The largest absolute Gasteiger partial charge is 0.508 e. The first-order chi connectivity index (χ1) is 15.0. The summed E-state index contributed by atoms with van der Waals surface area (Å²) < 4.78 is 11.7. The van der Waals surface area contributed by atoms with Crippen LogP contribution in [0.3, 0.4) is 0 Å². The van der Waals surface area contributed by atoms with Crippen LogP contribution in [0.2, 0.25) is 5.02 Å². The normalized spacial score (nSPS) is 17.6. The highest BCUT2D eigenvalue weighted by Gasteiger charge is 2.47. The number of aliphatic hydroxyl groups excluding tert-OH is 1. The van der Waals surface area contributed by atoms with Crippen molar-refractivity contribution in [2.45, 2.75) is 52.2 Å². The Labute approximate surface area is 191 Å². The topological polar surface area (TPSA) is 94.4 Å². The van der Waals surface area contributed by atoms with Gasteiger partial charge in [-0.25, -0.2) is 0 Å². The molecule has 0 fully saturated rings. The average Bonchev–Trinajstić information content (AvgIpc) is 2.72. The van der Waals surface area contributed by atoms with Crippen molar-refractivity contribution in [3.05, 3.63) is 58.3 Å². The number of nitrogens with zero attached hydrogens (tertiary/aromatic N) is 3. The second-order valence-electron chi connectivity index (χ2n) is 8.68. The number of carbonyl (C=O) groups excluding carboxylic acids is 1. The molecule has 0 bridgehead atoms. The van der Waals surface area contributed by atoms with Gasteiger partial charge in [-0.2, -0.15) is 4.98 Å². The predicted octanol–water partition coefficient (Wildman–Crippen LogP) is 5.46. The molecule has 0 amide bonds. The fourth-order valence-electron chi connectivity index (χ4n) is 3.89. The van der Waals surface area contributed by atoms with E-state index in [0.717, 1.165) is 5.56 Å². The van der Waals surface area contributed by atoms with Crippen molar-refractivity contribution in [3.8, 4) is 11.8 Å². The first-order valence-electron chi connectivity index (χ1n) is 10.3. The van der Waals surface area contributed by atoms with Crippen LogP contribution in [0.4, 0.5) is 0 Å². The predicted molar refractivity (Wildman–Crippen MR) is 122 cm³/mol. The zero-order valence-corrected chi connectivity index (χ0v) is 19.3. The van der Waals surface area contributed by atoms with Crippen molar-refractivity contribution in [3.63, 3.8) is 0 Å². The Kier molecular flexibility index (Phi) is 5.43. The fraction of sp³-hybridized carbons (Fsp3) is 0.333. The quantitative estimate of drug-likeness (QED) is 0.560. The molecule has 0 saturated heterocycles. The number of ketones is 1. The molecule has 1 aliphatic heterocycles. The number of fused-ring (bicyclic) bond motifs is 1. The molecule has 8 heteroatoms. The van der Waals surface area contributed by atoms with Gasteiger partial charge in [0.05, 0.1) is 11.1 Å². The molecule has 2 heterocycles. The van der Waals surface area contributed by atoms with Gasteiger partial charge in [0.25, 0.3) is 0 Å². The summed E-state index contributed by atoms with van der Waals surface area (Å²) >= 11 is 5.98. The van der Waals surface area contributed by atoms with Crippen LogP contribution < -0.4 is 4.74 Å². The molecule has 0 radical (unpaired) electrons. The van der Waals surface area contributed by atoms with Crippen LogP contribution in [0.5, 0.6) is 11.8 Å². The molecule has 0 aliphatic carbocycles. The molecule has 1 aliphatic rings. The lowest BCUT2D eigenvalue weighted by atomic mass is 9.81. The van der Waals surface area contributed by atoms with Crippen molar-refractivity contribution in [1.82, 2.24) is 15.2 Å². The second-order valence-corrected chi connectivity index (χ2v) is 9.11. The summed E-state index contributed by atoms with van der Waals surface area (Å²) in [6.45, 7) is 8.87. The zero-order chi connectivity index (χ0) is 23.3. The summed E-state index contributed by atoms with van der Waals surface area (Å²) in [7, 11) is 0. The van der Waals surface area contributed by atoms with Crippen molar-refractivity contribution in [2.75, 3.05) is 0 Å². The Morgan fingerprint density at radius 3 is 2.50 bits per heavy atom. The lowest BCUT2D eigenvalue weighted by molar-refractivity contribution is -0.158. The summed E-state index contributed by atoms with van der Waals surface area (Å²) in [6.07, 6.45) is 0.663. The first-order valence-corrected chi connectivity index (χ1v) is 10.7. The van der Waals surface area contributed by atoms with Crippen molar-refractivity contribution in [1.29, 1.82) is 0 Å². The van der Waals surface area contributed by atoms with E-state index in [1.165, 1.54) is 0 Å². The van der Waals surface area contributed by atoms with E-state index in [2.05, 4.69) is 15.2 Å². The molecule has 0 saturated carbocycles. The molecular formula is C24H24ClN3O4. The zero-order valence-electron chi connectivity index (χ0n) is 18.6. The molecule has 4 rings (SSSR count). The SMILES string of the molecule is CCc1ccc(Oc2nnc3cc(Cl)ccc3n2)cc1C1=C(O)C(C)(C)OC(C)(C)C1=O. The third-order valence-electron chi connectivity index (χ3n) is 5.43. The summed E-state index contributed by atoms with van der Waals surface area (Å²) in [5.74, 6) is 0.0263. The highest BCUT2D eigenvalue weighted by atomic mass is 35.5. The van der Waals surface area contributed by atoms with Gasteiger partial charge in [0, 0.05) is 5.02 Å². The molecule has 1 aromatic heterocycles. The smallest absolute Gasteiger partial charge is 0.341 e. The number of rotatable bonds is 4. The lowest BCUT2D eigenvalue weighted by Gasteiger charge is -2.40. The standard InChI is InChI=1S/C24H24ClN3O4/c1-6-13-7-9-15(31-22-26-17-10-8-14(25)11-18(17)27-28-22)12-16(13)19-20(29)23(2,3)32-24(4,5)21(19)30/h7-12,29H,6H2,1-5H3. The summed E-state index contributed by atoms with van der Waals surface area (Å²) in [5, 5.41) is 19.6. The van der Waals surface area contributed by atoms with E-state index in [1.807, 2.05) is 13.0 Å². The van der Waals surface area contributed by atoms with Gasteiger partial charge in [0.15, 0.2) is 5.78 Å². The maximum atomic E-state index is 13.2. The molecule has 0 unspecified atom stereocenters.